The topological polar surface area (TPSA) is 191 Å². The molecule has 4 unspecified atom stereocenters. The first-order chi connectivity index (χ1) is 14.1. The van der Waals surface area contributed by atoms with Crippen LogP contribution in [-0.2, 0) is 25.6 Å². The summed E-state index contributed by atoms with van der Waals surface area (Å²) in [5.41, 5.74) is 6.09. The summed E-state index contributed by atoms with van der Waals surface area (Å²) in [6.45, 7) is 0.505. The van der Waals surface area contributed by atoms with Crippen molar-refractivity contribution in [2.75, 3.05) is 12.4 Å². The van der Waals surface area contributed by atoms with E-state index in [4.69, 9.17) is 10.8 Å². The van der Waals surface area contributed by atoms with Crippen LogP contribution in [0.4, 0.5) is 0 Å². The third kappa shape index (κ3) is 7.89. The van der Waals surface area contributed by atoms with Crippen molar-refractivity contribution >= 4 is 36.3 Å². The normalized spacial score (nSPS) is 14.7. The number of carbonyl (C=O) groups is 4. The summed E-state index contributed by atoms with van der Waals surface area (Å²) in [6, 6.07) is 1.03. The molecule has 0 aliphatic rings. The highest BCUT2D eigenvalue weighted by molar-refractivity contribution is 7.80. The summed E-state index contributed by atoms with van der Waals surface area (Å²) in [5, 5.41) is 34.7. The molecule has 1 rings (SSSR count). The van der Waals surface area contributed by atoms with Gasteiger partial charge in [-0.1, -0.05) is 12.1 Å². The maximum Gasteiger partial charge on any atom is 0.325 e. The van der Waals surface area contributed by atoms with Gasteiger partial charge in [0.1, 0.15) is 23.9 Å². The van der Waals surface area contributed by atoms with Crippen molar-refractivity contribution in [3.63, 3.8) is 0 Å². The van der Waals surface area contributed by atoms with E-state index >= 15 is 0 Å². The molecule has 12 heteroatoms. The largest absolute Gasteiger partial charge is 0.508 e. The van der Waals surface area contributed by atoms with Crippen molar-refractivity contribution in [1.29, 1.82) is 0 Å². The molecule has 0 saturated heterocycles. The highest BCUT2D eigenvalue weighted by Crippen LogP contribution is 2.12. The molecule has 1 aromatic rings. The lowest BCUT2D eigenvalue weighted by Gasteiger charge is -2.23. The molecule has 11 nitrogen and oxygen atoms in total. The number of hydrogen-bond donors (Lipinski definition) is 8. The van der Waals surface area contributed by atoms with Crippen molar-refractivity contribution < 1.29 is 34.5 Å². The van der Waals surface area contributed by atoms with Crippen LogP contribution in [0, 0.1) is 0 Å². The molecule has 166 valence electrons. The lowest BCUT2D eigenvalue weighted by atomic mass is 10.0. The van der Waals surface area contributed by atoms with Crippen molar-refractivity contribution in [1.82, 2.24) is 16.0 Å². The van der Waals surface area contributed by atoms with Crippen molar-refractivity contribution in [3.8, 4) is 5.75 Å². The molecule has 0 aliphatic carbocycles. The molecule has 0 heterocycles. The Morgan fingerprint density at radius 3 is 2.03 bits per heavy atom. The minimum absolute atomic E-state index is 0.00636. The third-order valence-electron chi connectivity index (χ3n) is 4.09. The van der Waals surface area contributed by atoms with E-state index in [0.717, 1.165) is 0 Å². The summed E-state index contributed by atoms with van der Waals surface area (Å²) in [5.74, 6) is -3.59. The van der Waals surface area contributed by atoms with Gasteiger partial charge in [0, 0.05) is 12.2 Å². The van der Waals surface area contributed by atoms with Gasteiger partial charge < -0.3 is 37.0 Å². The average Bonchev–Trinajstić information content (AvgIpc) is 2.71. The Morgan fingerprint density at radius 1 is 1.00 bits per heavy atom. The number of hydrogen-bond acceptors (Lipinski definition) is 8. The van der Waals surface area contributed by atoms with Gasteiger partial charge >= 0.3 is 5.97 Å². The SMILES string of the molecule is CC(NC(=O)C(Cc1ccc(O)cc1)NC(=O)C(CO)NC(=O)C(N)CS)C(=O)O. The number of nitrogens with one attached hydrogen (secondary N) is 3. The number of nitrogens with two attached hydrogens (primary N) is 1. The Hall–Kier alpha value is -2.83. The zero-order valence-electron chi connectivity index (χ0n) is 16.2. The number of phenolic OH excluding ortho intramolecular Hbond substituents is 1. The number of carboxylic acids is 1. The number of aliphatic hydroxyl groups is 1. The minimum atomic E-state index is -1.38. The highest BCUT2D eigenvalue weighted by Gasteiger charge is 2.29. The van der Waals surface area contributed by atoms with Crippen LogP contribution >= 0.6 is 12.6 Å². The van der Waals surface area contributed by atoms with Crippen molar-refractivity contribution in [3.05, 3.63) is 29.8 Å². The fraction of sp³-hybridized carbons (Fsp3) is 0.444. The van der Waals surface area contributed by atoms with Crippen LogP contribution in [0.1, 0.15) is 12.5 Å². The molecule has 0 aromatic heterocycles. The molecule has 4 atom stereocenters. The van der Waals surface area contributed by atoms with Crippen LogP contribution in [0.25, 0.3) is 0 Å². The minimum Gasteiger partial charge on any atom is -0.508 e. The van der Waals surface area contributed by atoms with Gasteiger partial charge in [0.05, 0.1) is 12.6 Å². The van der Waals surface area contributed by atoms with Crippen molar-refractivity contribution in [2.24, 2.45) is 5.73 Å². The van der Waals surface area contributed by atoms with E-state index in [1.807, 2.05) is 0 Å². The van der Waals surface area contributed by atoms with E-state index in [9.17, 15) is 29.4 Å². The molecule has 8 N–H and O–H groups in total. The molecule has 1 aromatic carbocycles. The zero-order chi connectivity index (χ0) is 22.8. The highest BCUT2D eigenvalue weighted by atomic mass is 32.1. The van der Waals surface area contributed by atoms with Gasteiger partial charge in [0.25, 0.3) is 0 Å². The number of benzene rings is 1. The Bertz CT molecular complexity index is 759. The predicted octanol–water partition coefficient (Wildman–Crippen LogP) is -2.26. The summed E-state index contributed by atoms with van der Waals surface area (Å²) < 4.78 is 0. The standard InChI is InChI=1S/C18H26N4O7S/c1-9(18(28)29)20-16(26)13(6-10-2-4-11(24)5-3-10)21-17(27)14(7-23)22-15(25)12(19)8-30/h2-5,9,12-14,23-24,30H,6-8,19H2,1H3,(H,20,26)(H,21,27)(H,22,25)(H,28,29). The first-order valence-corrected chi connectivity index (χ1v) is 9.61. The predicted molar refractivity (Wildman–Crippen MR) is 110 cm³/mol. The van der Waals surface area contributed by atoms with Gasteiger partial charge in [-0.3, -0.25) is 19.2 Å². The number of aromatic hydroxyl groups is 1. The Labute approximate surface area is 178 Å². The first kappa shape index (κ1) is 25.2. The number of phenols is 1. The molecular weight excluding hydrogens is 416 g/mol. The Kier molecular flexibility index (Phi) is 10.1. The number of carboxylic acid groups (broad SMARTS) is 1. The van der Waals surface area contributed by atoms with Gasteiger partial charge in [-0.2, -0.15) is 12.6 Å². The molecule has 0 fully saturated rings. The number of amides is 3. The first-order valence-electron chi connectivity index (χ1n) is 8.98. The Morgan fingerprint density at radius 2 is 1.53 bits per heavy atom. The van der Waals surface area contributed by atoms with Crippen LogP contribution in [-0.4, -0.2) is 75.5 Å². The molecule has 0 spiro atoms. The number of aliphatic carboxylic acids is 1. The van der Waals surface area contributed by atoms with E-state index < -0.39 is 54.5 Å². The molecule has 0 radical (unpaired) electrons. The lowest BCUT2D eigenvalue weighted by molar-refractivity contribution is -0.141. The fourth-order valence-electron chi connectivity index (χ4n) is 2.28. The number of carbonyl (C=O) groups excluding carboxylic acids is 3. The monoisotopic (exact) mass is 442 g/mol. The van der Waals surface area contributed by atoms with Crippen molar-refractivity contribution in [2.45, 2.75) is 37.5 Å². The van der Waals surface area contributed by atoms with Crippen LogP contribution in [0.5, 0.6) is 5.75 Å². The van der Waals surface area contributed by atoms with E-state index in [0.29, 0.717) is 5.56 Å². The lowest BCUT2D eigenvalue weighted by Crippen LogP contribution is -2.58. The smallest absolute Gasteiger partial charge is 0.325 e. The second-order valence-electron chi connectivity index (χ2n) is 6.53. The zero-order valence-corrected chi connectivity index (χ0v) is 17.1. The molecule has 0 saturated carbocycles. The molecule has 0 aliphatic heterocycles. The second-order valence-corrected chi connectivity index (χ2v) is 6.90. The molecule has 3 amide bonds. The van der Waals surface area contributed by atoms with Gasteiger partial charge in [-0.25, -0.2) is 0 Å². The molecular formula is C18H26N4O7S. The van der Waals surface area contributed by atoms with Crippen LogP contribution in [0.2, 0.25) is 0 Å². The van der Waals surface area contributed by atoms with Crippen LogP contribution in [0.15, 0.2) is 24.3 Å². The maximum absolute atomic E-state index is 12.5. The summed E-state index contributed by atoms with van der Waals surface area (Å²) in [7, 11) is 0. The van der Waals surface area contributed by atoms with Gasteiger partial charge in [-0.05, 0) is 24.6 Å². The molecule has 0 bridgehead atoms. The van der Waals surface area contributed by atoms with Gasteiger partial charge in [0.2, 0.25) is 17.7 Å². The number of thiol groups is 1. The van der Waals surface area contributed by atoms with Crippen LogP contribution < -0.4 is 21.7 Å². The third-order valence-corrected chi connectivity index (χ3v) is 4.48. The average molecular weight is 442 g/mol. The fourth-order valence-corrected chi connectivity index (χ4v) is 2.45. The van der Waals surface area contributed by atoms with E-state index in [2.05, 4.69) is 28.6 Å². The van der Waals surface area contributed by atoms with Crippen LogP contribution in [0.3, 0.4) is 0 Å². The van der Waals surface area contributed by atoms with Gasteiger partial charge in [-0.15, -0.1) is 0 Å². The second kappa shape index (κ2) is 12.0. The summed E-state index contributed by atoms with van der Waals surface area (Å²) >= 11 is 3.88. The van der Waals surface area contributed by atoms with E-state index in [-0.39, 0.29) is 17.9 Å². The van der Waals surface area contributed by atoms with Gasteiger partial charge in [0.15, 0.2) is 0 Å². The number of aliphatic hydroxyl groups excluding tert-OH is 1. The summed E-state index contributed by atoms with van der Waals surface area (Å²) in [4.78, 5) is 47.9. The van der Waals surface area contributed by atoms with E-state index in [1.165, 1.54) is 31.2 Å². The molecule has 30 heavy (non-hydrogen) atoms. The number of rotatable bonds is 11. The quantitative estimate of drug-likeness (QED) is 0.176. The van der Waals surface area contributed by atoms with E-state index in [1.54, 1.807) is 0 Å². The Balaban J connectivity index is 2.97. The maximum atomic E-state index is 12.5. The summed E-state index contributed by atoms with van der Waals surface area (Å²) in [6.07, 6.45) is -0.0353.